The standard InChI is InChI=1S/C15H31NO/c1-12(2)13(9-11-16)6-7-14(17)8-10-15(3,4)5/h12-13H,6-11,16H2,1-5H3. The van der Waals surface area contributed by atoms with E-state index in [1.165, 1.54) is 0 Å². The molecule has 0 spiro atoms. The van der Waals surface area contributed by atoms with E-state index in [1.807, 2.05) is 0 Å². The molecule has 2 heteroatoms. The van der Waals surface area contributed by atoms with E-state index >= 15 is 0 Å². The van der Waals surface area contributed by atoms with Gasteiger partial charge in [0.1, 0.15) is 5.78 Å². The van der Waals surface area contributed by atoms with E-state index in [0.29, 0.717) is 17.6 Å². The van der Waals surface area contributed by atoms with Gasteiger partial charge in [0.15, 0.2) is 0 Å². The zero-order valence-corrected chi connectivity index (χ0v) is 12.4. The van der Waals surface area contributed by atoms with Gasteiger partial charge in [0, 0.05) is 12.8 Å². The van der Waals surface area contributed by atoms with Gasteiger partial charge in [0.25, 0.3) is 0 Å². The third kappa shape index (κ3) is 9.34. The molecular formula is C15H31NO. The second-order valence-electron chi connectivity index (χ2n) is 6.72. The fraction of sp³-hybridized carbons (Fsp3) is 0.933. The van der Waals surface area contributed by atoms with Gasteiger partial charge in [-0.2, -0.15) is 0 Å². The van der Waals surface area contributed by atoms with Crippen molar-refractivity contribution in [3.05, 3.63) is 0 Å². The second-order valence-corrected chi connectivity index (χ2v) is 6.72. The Bertz CT molecular complexity index is 215. The van der Waals surface area contributed by atoms with Crippen LogP contribution in [-0.2, 0) is 4.79 Å². The maximum Gasteiger partial charge on any atom is 0.132 e. The number of hydrogen-bond donors (Lipinski definition) is 1. The van der Waals surface area contributed by atoms with Crippen LogP contribution in [-0.4, -0.2) is 12.3 Å². The molecule has 0 radical (unpaired) electrons. The van der Waals surface area contributed by atoms with Crippen molar-refractivity contribution in [3.63, 3.8) is 0 Å². The predicted molar refractivity (Wildman–Crippen MR) is 74.9 cm³/mol. The topological polar surface area (TPSA) is 43.1 Å². The van der Waals surface area contributed by atoms with Crippen LogP contribution in [0.5, 0.6) is 0 Å². The monoisotopic (exact) mass is 241 g/mol. The van der Waals surface area contributed by atoms with Crippen LogP contribution in [0.3, 0.4) is 0 Å². The molecule has 0 aromatic rings. The van der Waals surface area contributed by atoms with Gasteiger partial charge in [-0.15, -0.1) is 0 Å². The largest absolute Gasteiger partial charge is 0.330 e. The average Bonchev–Trinajstić information content (AvgIpc) is 2.19. The van der Waals surface area contributed by atoms with Crippen LogP contribution >= 0.6 is 0 Å². The number of rotatable bonds is 8. The molecule has 0 aliphatic heterocycles. The van der Waals surface area contributed by atoms with Crippen LogP contribution < -0.4 is 5.73 Å². The van der Waals surface area contributed by atoms with Gasteiger partial charge >= 0.3 is 0 Å². The lowest BCUT2D eigenvalue weighted by Gasteiger charge is -2.20. The summed E-state index contributed by atoms with van der Waals surface area (Å²) < 4.78 is 0. The van der Waals surface area contributed by atoms with Crippen molar-refractivity contribution in [2.24, 2.45) is 23.0 Å². The van der Waals surface area contributed by atoms with E-state index in [1.54, 1.807) is 0 Å². The third-order valence-electron chi connectivity index (χ3n) is 3.43. The lowest BCUT2D eigenvalue weighted by atomic mass is 9.85. The highest BCUT2D eigenvalue weighted by molar-refractivity contribution is 5.78. The summed E-state index contributed by atoms with van der Waals surface area (Å²) >= 11 is 0. The molecule has 1 atom stereocenters. The minimum Gasteiger partial charge on any atom is -0.330 e. The Morgan fingerprint density at radius 1 is 1.12 bits per heavy atom. The fourth-order valence-corrected chi connectivity index (χ4v) is 2.01. The molecule has 0 amide bonds. The summed E-state index contributed by atoms with van der Waals surface area (Å²) in [7, 11) is 0. The van der Waals surface area contributed by atoms with E-state index in [2.05, 4.69) is 34.6 Å². The van der Waals surface area contributed by atoms with E-state index < -0.39 is 0 Å². The average molecular weight is 241 g/mol. The number of ketones is 1. The van der Waals surface area contributed by atoms with Crippen molar-refractivity contribution in [2.75, 3.05) is 6.54 Å². The Kier molecular flexibility index (Phi) is 7.69. The summed E-state index contributed by atoms with van der Waals surface area (Å²) in [5.74, 6) is 1.66. The first-order chi connectivity index (χ1) is 7.76. The van der Waals surface area contributed by atoms with E-state index in [-0.39, 0.29) is 5.41 Å². The SMILES string of the molecule is CC(C)C(CCN)CCC(=O)CCC(C)(C)C. The molecule has 0 fully saturated rings. The smallest absolute Gasteiger partial charge is 0.132 e. The summed E-state index contributed by atoms with van der Waals surface area (Å²) in [6, 6.07) is 0. The molecule has 0 aromatic carbocycles. The molecule has 2 nitrogen and oxygen atoms in total. The highest BCUT2D eigenvalue weighted by atomic mass is 16.1. The van der Waals surface area contributed by atoms with Crippen molar-refractivity contribution in [1.29, 1.82) is 0 Å². The molecule has 0 aromatic heterocycles. The quantitative estimate of drug-likeness (QED) is 0.702. The summed E-state index contributed by atoms with van der Waals surface area (Å²) in [6.07, 6.45) is 4.52. The number of carbonyl (C=O) groups is 1. The van der Waals surface area contributed by atoms with E-state index in [4.69, 9.17) is 5.73 Å². The summed E-state index contributed by atoms with van der Waals surface area (Å²) in [6.45, 7) is 11.7. The number of carbonyl (C=O) groups excluding carboxylic acids is 1. The van der Waals surface area contributed by atoms with Gasteiger partial charge in [-0.1, -0.05) is 34.6 Å². The number of nitrogens with two attached hydrogens (primary N) is 1. The van der Waals surface area contributed by atoms with Gasteiger partial charge in [-0.05, 0) is 43.1 Å². The van der Waals surface area contributed by atoms with Gasteiger partial charge in [0.05, 0.1) is 0 Å². The van der Waals surface area contributed by atoms with Gasteiger partial charge in [0.2, 0.25) is 0 Å². The van der Waals surface area contributed by atoms with Crippen LogP contribution in [0, 0.1) is 17.3 Å². The van der Waals surface area contributed by atoms with Crippen molar-refractivity contribution in [1.82, 2.24) is 0 Å². The van der Waals surface area contributed by atoms with Crippen molar-refractivity contribution >= 4 is 5.78 Å². The second kappa shape index (κ2) is 7.86. The zero-order valence-electron chi connectivity index (χ0n) is 12.4. The Balaban J connectivity index is 3.88. The molecule has 0 bridgehead atoms. The Labute approximate surface area is 107 Å². The summed E-state index contributed by atoms with van der Waals surface area (Å²) in [5.41, 5.74) is 5.87. The Morgan fingerprint density at radius 2 is 1.71 bits per heavy atom. The van der Waals surface area contributed by atoms with Gasteiger partial charge < -0.3 is 5.73 Å². The normalized spacial score (nSPS) is 14.1. The van der Waals surface area contributed by atoms with Crippen LogP contribution in [0.15, 0.2) is 0 Å². The van der Waals surface area contributed by atoms with E-state index in [9.17, 15) is 4.79 Å². The van der Waals surface area contributed by atoms with Crippen molar-refractivity contribution in [3.8, 4) is 0 Å². The lowest BCUT2D eigenvalue weighted by Crippen LogP contribution is -2.16. The van der Waals surface area contributed by atoms with E-state index in [0.717, 1.165) is 38.6 Å². The first-order valence-electron chi connectivity index (χ1n) is 6.98. The minimum absolute atomic E-state index is 0.268. The number of hydrogen-bond acceptors (Lipinski definition) is 2. The zero-order chi connectivity index (χ0) is 13.5. The Hall–Kier alpha value is -0.370. The van der Waals surface area contributed by atoms with Crippen molar-refractivity contribution in [2.45, 2.75) is 66.7 Å². The maximum atomic E-state index is 11.8. The summed E-state index contributed by atoms with van der Waals surface area (Å²) in [5, 5.41) is 0. The van der Waals surface area contributed by atoms with Crippen LogP contribution in [0.4, 0.5) is 0 Å². The highest BCUT2D eigenvalue weighted by Gasteiger charge is 2.16. The molecule has 0 saturated carbocycles. The first-order valence-corrected chi connectivity index (χ1v) is 6.98. The molecule has 17 heavy (non-hydrogen) atoms. The molecule has 0 heterocycles. The predicted octanol–water partition coefficient (Wildman–Crippen LogP) is 3.78. The molecule has 1 unspecified atom stereocenters. The highest BCUT2D eigenvalue weighted by Crippen LogP contribution is 2.24. The molecule has 0 aliphatic rings. The van der Waals surface area contributed by atoms with Crippen LogP contribution in [0.1, 0.15) is 66.7 Å². The van der Waals surface area contributed by atoms with Gasteiger partial charge in [-0.25, -0.2) is 0 Å². The Morgan fingerprint density at radius 3 is 2.12 bits per heavy atom. The minimum atomic E-state index is 0.268. The molecule has 0 rings (SSSR count). The first kappa shape index (κ1) is 16.6. The number of Topliss-reactive ketones (excluding diaryl/α,β-unsaturated/α-hetero) is 1. The molecule has 0 saturated heterocycles. The lowest BCUT2D eigenvalue weighted by molar-refractivity contribution is -0.119. The van der Waals surface area contributed by atoms with Crippen LogP contribution in [0.25, 0.3) is 0 Å². The molecular weight excluding hydrogens is 210 g/mol. The third-order valence-corrected chi connectivity index (χ3v) is 3.43. The van der Waals surface area contributed by atoms with Crippen molar-refractivity contribution < 1.29 is 4.79 Å². The molecule has 102 valence electrons. The fourth-order valence-electron chi connectivity index (χ4n) is 2.01. The maximum absolute atomic E-state index is 11.8. The van der Waals surface area contributed by atoms with Crippen LogP contribution in [0.2, 0.25) is 0 Å². The molecule has 0 aliphatic carbocycles. The van der Waals surface area contributed by atoms with Gasteiger partial charge in [-0.3, -0.25) is 4.79 Å². The summed E-state index contributed by atoms with van der Waals surface area (Å²) in [4.78, 5) is 11.8. The molecule has 2 N–H and O–H groups in total.